The quantitative estimate of drug-likeness (QED) is 0.486. The zero-order valence-corrected chi connectivity index (χ0v) is 16.9. The van der Waals surface area contributed by atoms with Gasteiger partial charge in [-0.15, -0.1) is 0 Å². The lowest BCUT2D eigenvalue weighted by Crippen LogP contribution is -2.32. The van der Waals surface area contributed by atoms with Gasteiger partial charge in [0.05, 0.1) is 0 Å². The van der Waals surface area contributed by atoms with Crippen LogP contribution in [0.1, 0.15) is 43.2 Å². The second-order valence-electron chi connectivity index (χ2n) is 7.49. The summed E-state index contributed by atoms with van der Waals surface area (Å²) in [5.41, 5.74) is 8.04. The summed E-state index contributed by atoms with van der Waals surface area (Å²) in [5, 5.41) is 10.3. The van der Waals surface area contributed by atoms with E-state index in [-0.39, 0.29) is 5.91 Å². The Hall–Kier alpha value is -3.11. The third-order valence-corrected chi connectivity index (χ3v) is 5.30. The van der Waals surface area contributed by atoms with E-state index in [4.69, 9.17) is 4.52 Å². The monoisotopic (exact) mass is 410 g/mol. The van der Waals surface area contributed by atoms with E-state index in [2.05, 4.69) is 60.4 Å². The highest BCUT2D eigenvalue weighted by Gasteiger charge is 2.24. The highest BCUT2D eigenvalue weighted by atomic mass is 16.5. The number of benzene rings is 1. The summed E-state index contributed by atoms with van der Waals surface area (Å²) >= 11 is 0. The number of aromatic nitrogens is 5. The van der Waals surface area contributed by atoms with Gasteiger partial charge in [0.15, 0.2) is 5.82 Å². The number of hydrogen-bond acceptors (Lipinski definition) is 8. The van der Waals surface area contributed by atoms with Gasteiger partial charge in [0.25, 0.3) is 0 Å². The van der Waals surface area contributed by atoms with E-state index < -0.39 is 0 Å². The number of nitrogens with zero attached hydrogens (tertiary/aromatic N) is 5. The van der Waals surface area contributed by atoms with Crippen LogP contribution in [0.5, 0.6) is 0 Å². The lowest BCUT2D eigenvalue weighted by molar-refractivity contribution is -0.130. The van der Waals surface area contributed by atoms with Crippen molar-refractivity contribution in [2.75, 3.05) is 13.6 Å². The first kappa shape index (κ1) is 20.2. The molecule has 0 radical (unpaired) electrons. The third kappa shape index (κ3) is 5.08. The van der Waals surface area contributed by atoms with Crippen LogP contribution in [-0.4, -0.2) is 55.8 Å². The minimum atomic E-state index is 0.0640. The summed E-state index contributed by atoms with van der Waals surface area (Å²) in [4.78, 5) is 22.4. The predicted molar refractivity (Wildman–Crippen MR) is 109 cm³/mol. The minimum absolute atomic E-state index is 0.0640. The van der Waals surface area contributed by atoms with Crippen molar-refractivity contribution in [1.29, 1.82) is 0 Å². The van der Waals surface area contributed by atoms with Gasteiger partial charge in [-0.05, 0) is 24.8 Å². The maximum absolute atomic E-state index is 12.4. The molecule has 3 aromatic rings. The summed E-state index contributed by atoms with van der Waals surface area (Å²) in [7, 11) is 1.84. The molecule has 0 bridgehead atoms. The number of nitrogens with one attached hydrogen (secondary N) is 3. The van der Waals surface area contributed by atoms with Crippen LogP contribution in [0.2, 0.25) is 0 Å². The summed E-state index contributed by atoms with van der Waals surface area (Å²) in [6.07, 6.45) is 5.11. The molecule has 1 aromatic carbocycles. The first-order chi connectivity index (χ1) is 14.7. The van der Waals surface area contributed by atoms with Crippen LogP contribution < -0.4 is 10.9 Å². The van der Waals surface area contributed by atoms with Gasteiger partial charge in [-0.1, -0.05) is 35.5 Å². The molecule has 3 N–H and O–H groups in total. The number of aromatic amines is 1. The SMILES string of the molecule is CN(CCCC1CC(c2ccccc2)NN1)C(=O)CCc1nc(-c2ncn[nH]2)no1. The van der Waals surface area contributed by atoms with Crippen molar-refractivity contribution in [2.45, 2.75) is 44.2 Å². The number of aryl methyl sites for hydroxylation is 1. The number of hydrogen-bond donors (Lipinski definition) is 3. The first-order valence-corrected chi connectivity index (χ1v) is 10.2. The molecule has 0 saturated carbocycles. The third-order valence-electron chi connectivity index (χ3n) is 5.30. The maximum atomic E-state index is 12.4. The van der Waals surface area contributed by atoms with Crippen LogP contribution in [-0.2, 0) is 11.2 Å². The molecule has 3 heterocycles. The fraction of sp³-hybridized carbons (Fsp3) is 0.450. The average Bonchev–Trinajstić information content (AvgIpc) is 3.54. The predicted octanol–water partition coefficient (Wildman–Crippen LogP) is 1.63. The Balaban J connectivity index is 1.15. The maximum Gasteiger partial charge on any atom is 0.239 e. The lowest BCUT2D eigenvalue weighted by atomic mass is 10.00. The lowest BCUT2D eigenvalue weighted by Gasteiger charge is -2.18. The summed E-state index contributed by atoms with van der Waals surface area (Å²) in [6.45, 7) is 0.722. The van der Waals surface area contributed by atoms with Gasteiger partial charge in [0.1, 0.15) is 6.33 Å². The molecule has 10 heteroatoms. The Kier molecular flexibility index (Phi) is 6.45. The molecule has 1 fully saturated rings. The van der Waals surface area contributed by atoms with Gasteiger partial charge in [0.2, 0.25) is 17.6 Å². The molecule has 158 valence electrons. The van der Waals surface area contributed by atoms with Crippen LogP contribution in [0.25, 0.3) is 11.6 Å². The molecule has 2 unspecified atom stereocenters. The Morgan fingerprint density at radius 2 is 2.13 bits per heavy atom. The standard InChI is InChI=1S/C20H26N8O2/c1-28(11-5-8-15-12-16(25-24-15)14-6-3-2-4-7-14)18(29)10-9-17-23-20(27-30-17)19-21-13-22-26-19/h2-4,6-7,13,15-16,24-25H,5,8-12H2,1H3,(H,21,22,26). The van der Waals surface area contributed by atoms with Gasteiger partial charge in [-0.2, -0.15) is 10.1 Å². The molecule has 1 saturated heterocycles. The van der Waals surface area contributed by atoms with Crippen molar-refractivity contribution < 1.29 is 9.32 Å². The molecule has 2 aromatic heterocycles. The molecular formula is C20H26N8O2. The fourth-order valence-electron chi connectivity index (χ4n) is 3.59. The molecule has 10 nitrogen and oxygen atoms in total. The summed E-state index contributed by atoms with van der Waals surface area (Å²) in [5.74, 6) is 1.26. The van der Waals surface area contributed by atoms with Crippen LogP contribution in [0.3, 0.4) is 0 Å². The molecular weight excluding hydrogens is 384 g/mol. The molecule has 0 spiro atoms. The molecule has 1 aliphatic heterocycles. The number of H-pyrrole nitrogens is 1. The van der Waals surface area contributed by atoms with E-state index in [0.29, 0.717) is 42.5 Å². The number of rotatable bonds is 9. The first-order valence-electron chi connectivity index (χ1n) is 10.2. The van der Waals surface area contributed by atoms with Crippen molar-refractivity contribution in [3.05, 3.63) is 48.1 Å². The molecule has 0 aliphatic carbocycles. The second kappa shape index (κ2) is 9.59. The van der Waals surface area contributed by atoms with Gasteiger partial charge in [-0.25, -0.2) is 4.98 Å². The Labute approximate surface area is 174 Å². The zero-order chi connectivity index (χ0) is 20.8. The van der Waals surface area contributed by atoms with Gasteiger partial charge in [0, 0.05) is 38.5 Å². The highest BCUT2D eigenvalue weighted by Crippen LogP contribution is 2.23. The van der Waals surface area contributed by atoms with Crippen molar-refractivity contribution in [2.24, 2.45) is 0 Å². The fourth-order valence-corrected chi connectivity index (χ4v) is 3.59. The Bertz CT molecular complexity index is 927. The topological polar surface area (TPSA) is 125 Å². The van der Waals surface area contributed by atoms with E-state index in [1.165, 1.54) is 11.9 Å². The minimum Gasteiger partial charge on any atom is -0.346 e. The number of carbonyl (C=O) groups is 1. The van der Waals surface area contributed by atoms with Crippen LogP contribution in [0.4, 0.5) is 0 Å². The van der Waals surface area contributed by atoms with E-state index in [9.17, 15) is 4.79 Å². The average molecular weight is 410 g/mol. The zero-order valence-electron chi connectivity index (χ0n) is 16.9. The molecule has 1 amide bonds. The number of hydrazine groups is 1. The largest absolute Gasteiger partial charge is 0.346 e. The molecule has 4 rings (SSSR count). The van der Waals surface area contributed by atoms with Gasteiger partial charge < -0.3 is 9.42 Å². The summed E-state index contributed by atoms with van der Waals surface area (Å²) in [6, 6.07) is 11.2. The van der Waals surface area contributed by atoms with Crippen molar-refractivity contribution in [3.63, 3.8) is 0 Å². The van der Waals surface area contributed by atoms with E-state index in [1.807, 2.05) is 13.1 Å². The molecule has 1 aliphatic rings. The van der Waals surface area contributed by atoms with Crippen molar-refractivity contribution in [3.8, 4) is 11.6 Å². The Morgan fingerprint density at radius 1 is 1.27 bits per heavy atom. The number of amides is 1. The van der Waals surface area contributed by atoms with Crippen LogP contribution >= 0.6 is 0 Å². The van der Waals surface area contributed by atoms with Crippen LogP contribution in [0.15, 0.2) is 41.2 Å². The van der Waals surface area contributed by atoms with Crippen molar-refractivity contribution >= 4 is 5.91 Å². The summed E-state index contributed by atoms with van der Waals surface area (Å²) < 4.78 is 5.18. The molecule has 2 atom stereocenters. The smallest absolute Gasteiger partial charge is 0.239 e. The highest BCUT2D eigenvalue weighted by molar-refractivity contribution is 5.76. The van der Waals surface area contributed by atoms with Gasteiger partial charge >= 0.3 is 0 Å². The van der Waals surface area contributed by atoms with E-state index >= 15 is 0 Å². The normalized spacial score (nSPS) is 18.6. The van der Waals surface area contributed by atoms with Gasteiger partial charge in [-0.3, -0.25) is 20.7 Å². The second-order valence-corrected chi connectivity index (χ2v) is 7.49. The van der Waals surface area contributed by atoms with E-state index in [1.54, 1.807) is 4.90 Å². The Morgan fingerprint density at radius 3 is 2.93 bits per heavy atom. The molecule has 30 heavy (non-hydrogen) atoms. The number of carbonyl (C=O) groups excluding carboxylic acids is 1. The van der Waals surface area contributed by atoms with E-state index in [0.717, 1.165) is 25.8 Å². The van der Waals surface area contributed by atoms with Crippen molar-refractivity contribution in [1.82, 2.24) is 41.1 Å². The van der Waals surface area contributed by atoms with Crippen LogP contribution in [0, 0.1) is 0 Å².